The Labute approximate surface area is 101 Å². The van der Waals surface area contributed by atoms with Crippen LogP contribution in [0.15, 0.2) is 12.1 Å². The van der Waals surface area contributed by atoms with Gasteiger partial charge in [-0.1, -0.05) is 0 Å². The molecule has 0 aliphatic rings. The summed E-state index contributed by atoms with van der Waals surface area (Å²) in [5.74, 6) is -0.213. The van der Waals surface area contributed by atoms with Crippen LogP contribution in [-0.4, -0.2) is 16.1 Å². The fourth-order valence-electron chi connectivity index (χ4n) is 1.48. The fraction of sp³-hybridized carbons (Fsp3) is 0.455. The summed E-state index contributed by atoms with van der Waals surface area (Å²) in [6, 6.07) is 3.80. The maximum absolute atomic E-state index is 10.3. The van der Waals surface area contributed by atoms with Gasteiger partial charge in [-0.2, -0.15) is 0 Å². The molecule has 16 heavy (non-hydrogen) atoms. The van der Waals surface area contributed by atoms with Crippen molar-refractivity contribution >= 4 is 24.2 Å². The van der Waals surface area contributed by atoms with Crippen LogP contribution in [0.4, 0.5) is 5.82 Å². The summed E-state index contributed by atoms with van der Waals surface area (Å²) in [5, 5.41) is 8.46. The highest BCUT2D eigenvalue weighted by Crippen LogP contribution is 2.09. The molecule has 0 bridgehead atoms. The molecule has 0 aliphatic carbocycles. The molecule has 0 aromatic carbocycles. The number of anilines is 1. The largest absolute Gasteiger partial charge is 0.481 e. The highest BCUT2D eigenvalue weighted by Gasteiger charge is 2.00. The number of aliphatic carboxylic acids is 1. The predicted octanol–water partition coefficient (Wildman–Crippen LogP) is 2.19. The van der Waals surface area contributed by atoms with E-state index >= 15 is 0 Å². The van der Waals surface area contributed by atoms with Gasteiger partial charge in [0.25, 0.3) is 0 Å². The summed E-state index contributed by atoms with van der Waals surface area (Å²) < 4.78 is 0. The minimum absolute atomic E-state index is 0. The van der Waals surface area contributed by atoms with Gasteiger partial charge in [-0.15, -0.1) is 12.4 Å². The number of nitrogens with two attached hydrogens (primary N) is 1. The molecule has 1 heterocycles. The second kappa shape index (κ2) is 7.06. The fourth-order valence-corrected chi connectivity index (χ4v) is 1.48. The maximum Gasteiger partial charge on any atom is 0.303 e. The molecule has 90 valence electrons. The molecule has 0 amide bonds. The summed E-state index contributed by atoms with van der Waals surface area (Å²) in [4.78, 5) is 14.5. The second-order valence-electron chi connectivity index (χ2n) is 3.66. The zero-order valence-corrected chi connectivity index (χ0v) is 10.1. The number of carbonyl (C=O) groups is 1. The number of nitrogen functional groups attached to an aromatic ring is 1. The van der Waals surface area contributed by atoms with Crippen molar-refractivity contribution in [3.63, 3.8) is 0 Å². The van der Waals surface area contributed by atoms with Crippen molar-refractivity contribution in [3.8, 4) is 0 Å². The van der Waals surface area contributed by atoms with Crippen LogP contribution in [0, 0.1) is 6.92 Å². The number of carboxylic acid groups (broad SMARTS) is 1. The SMILES string of the molecule is Cc1cc(N)nc(CCCCC(=O)O)c1.Cl. The monoisotopic (exact) mass is 244 g/mol. The van der Waals surface area contributed by atoms with Crippen LogP contribution in [0.2, 0.25) is 0 Å². The summed E-state index contributed by atoms with van der Waals surface area (Å²) in [6.45, 7) is 1.97. The van der Waals surface area contributed by atoms with E-state index in [9.17, 15) is 4.79 Å². The van der Waals surface area contributed by atoms with Gasteiger partial charge in [0, 0.05) is 12.1 Å². The van der Waals surface area contributed by atoms with E-state index in [1.54, 1.807) is 0 Å². The number of hydrogen-bond donors (Lipinski definition) is 2. The van der Waals surface area contributed by atoms with E-state index in [1.165, 1.54) is 0 Å². The van der Waals surface area contributed by atoms with Crippen LogP contribution in [0.3, 0.4) is 0 Å². The zero-order chi connectivity index (χ0) is 11.3. The highest BCUT2D eigenvalue weighted by atomic mass is 35.5. The van der Waals surface area contributed by atoms with Crippen LogP contribution >= 0.6 is 12.4 Å². The van der Waals surface area contributed by atoms with Crippen molar-refractivity contribution < 1.29 is 9.90 Å². The van der Waals surface area contributed by atoms with Crippen LogP contribution in [0.1, 0.15) is 30.5 Å². The number of aryl methyl sites for hydroxylation is 2. The Morgan fingerprint density at radius 3 is 2.69 bits per heavy atom. The maximum atomic E-state index is 10.3. The molecule has 4 nitrogen and oxygen atoms in total. The lowest BCUT2D eigenvalue weighted by molar-refractivity contribution is -0.137. The first kappa shape index (κ1) is 14.7. The molecular formula is C11H17ClN2O2. The number of nitrogens with zero attached hydrogens (tertiary/aromatic N) is 1. The van der Waals surface area contributed by atoms with Crippen molar-refractivity contribution in [1.82, 2.24) is 4.98 Å². The summed E-state index contributed by atoms with van der Waals surface area (Å²) >= 11 is 0. The van der Waals surface area contributed by atoms with Gasteiger partial charge >= 0.3 is 5.97 Å². The van der Waals surface area contributed by atoms with Crippen LogP contribution in [0.25, 0.3) is 0 Å². The van der Waals surface area contributed by atoms with Crippen LogP contribution in [0.5, 0.6) is 0 Å². The molecule has 0 aliphatic heterocycles. The standard InChI is InChI=1S/C11H16N2O2.ClH/c1-8-6-9(13-10(12)7-8)4-2-3-5-11(14)15;/h6-7H,2-5H2,1H3,(H2,12,13)(H,14,15);1H. The van der Waals surface area contributed by atoms with Crippen molar-refractivity contribution in [1.29, 1.82) is 0 Å². The first-order valence-electron chi connectivity index (χ1n) is 5.03. The van der Waals surface area contributed by atoms with Crippen molar-refractivity contribution in [2.75, 3.05) is 5.73 Å². The number of rotatable bonds is 5. The lowest BCUT2D eigenvalue weighted by Crippen LogP contribution is -1.99. The number of aromatic nitrogens is 1. The molecule has 5 heteroatoms. The smallest absolute Gasteiger partial charge is 0.303 e. The second-order valence-corrected chi connectivity index (χ2v) is 3.66. The minimum atomic E-state index is -0.744. The van der Waals surface area contributed by atoms with Gasteiger partial charge in [-0.3, -0.25) is 4.79 Å². The number of hydrogen-bond acceptors (Lipinski definition) is 3. The number of carboxylic acids is 1. The first-order valence-corrected chi connectivity index (χ1v) is 5.03. The van der Waals surface area contributed by atoms with E-state index in [0.29, 0.717) is 12.2 Å². The van der Waals surface area contributed by atoms with Crippen LogP contribution in [-0.2, 0) is 11.2 Å². The predicted molar refractivity (Wildman–Crippen MR) is 65.8 cm³/mol. The molecule has 0 radical (unpaired) electrons. The van der Waals surface area contributed by atoms with Gasteiger partial charge in [-0.05, 0) is 43.9 Å². The van der Waals surface area contributed by atoms with E-state index < -0.39 is 5.97 Å². The Bertz CT molecular complexity index is 336. The highest BCUT2D eigenvalue weighted by molar-refractivity contribution is 5.85. The van der Waals surface area contributed by atoms with Gasteiger partial charge in [0.15, 0.2) is 0 Å². The molecule has 0 fully saturated rings. The Hall–Kier alpha value is -1.29. The average Bonchev–Trinajstić information content (AvgIpc) is 2.10. The third-order valence-corrected chi connectivity index (χ3v) is 2.12. The molecule has 1 rings (SSSR count). The summed E-state index contributed by atoms with van der Waals surface area (Å²) in [6.07, 6.45) is 2.54. The third kappa shape index (κ3) is 5.56. The van der Waals surface area contributed by atoms with Crippen molar-refractivity contribution in [2.24, 2.45) is 0 Å². The van der Waals surface area contributed by atoms with Crippen molar-refractivity contribution in [2.45, 2.75) is 32.6 Å². The van der Waals surface area contributed by atoms with E-state index in [2.05, 4.69) is 4.98 Å². The average molecular weight is 245 g/mol. The number of halogens is 1. The van der Waals surface area contributed by atoms with Gasteiger partial charge in [0.1, 0.15) is 5.82 Å². The lowest BCUT2D eigenvalue weighted by atomic mass is 10.1. The quantitative estimate of drug-likeness (QED) is 0.779. The summed E-state index contributed by atoms with van der Waals surface area (Å²) in [5.41, 5.74) is 7.64. The van der Waals surface area contributed by atoms with Gasteiger partial charge in [0.05, 0.1) is 0 Å². The number of unbranched alkanes of at least 4 members (excludes halogenated alkanes) is 1. The molecular weight excluding hydrogens is 228 g/mol. The third-order valence-electron chi connectivity index (χ3n) is 2.12. The minimum Gasteiger partial charge on any atom is -0.481 e. The number of pyridine rings is 1. The molecule has 3 N–H and O–H groups in total. The molecule has 1 aromatic heterocycles. The van der Waals surface area contributed by atoms with E-state index in [1.807, 2.05) is 19.1 Å². The normalized spacial score (nSPS) is 9.56. The van der Waals surface area contributed by atoms with E-state index in [-0.39, 0.29) is 18.8 Å². The Morgan fingerprint density at radius 1 is 1.44 bits per heavy atom. The Balaban J connectivity index is 0.00000225. The van der Waals surface area contributed by atoms with Gasteiger partial charge < -0.3 is 10.8 Å². The molecule has 0 spiro atoms. The molecule has 0 unspecified atom stereocenters. The summed E-state index contributed by atoms with van der Waals surface area (Å²) in [7, 11) is 0. The lowest BCUT2D eigenvalue weighted by Gasteiger charge is -2.03. The Kier molecular flexibility index (Phi) is 6.49. The molecule has 0 saturated heterocycles. The molecule has 0 saturated carbocycles. The Morgan fingerprint density at radius 2 is 2.12 bits per heavy atom. The van der Waals surface area contributed by atoms with E-state index in [4.69, 9.17) is 10.8 Å². The van der Waals surface area contributed by atoms with Gasteiger partial charge in [0.2, 0.25) is 0 Å². The van der Waals surface area contributed by atoms with Crippen LogP contribution < -0.4 is 5.73 Å². The first-order chi connectivity index (χ1) is 7.08. The van der Waals surface area contributed by atoms with Crippen molar-refractivity contribution in [3.05, 3.63) is 23.4 Å². The zero-order valence-electron chi connectivity index (χ0n) is 9.27. The van der Waals surface area contributed by atoms with E-state index in [0.717, 1.165) is 24.1 Å². The molecule has 0 atom stereocenters. The molecule has 1 aromatic rings. The van der Waals surface area contributed by atoms with Gasteiger partial charge in [-0.25, -0.2) is 4.98 Å². The topological polar surface area (TPSA) is 76.2 Å².